The molecule has 0 saturated carbocycles. The van der Waals surface area contributed by atoms with Crippen LogP contribution in [-0.2, 0) is 9.53 Å². The Labute approximate surface area is 121 Å². The van der Waals surface area contributed by atoms with Gasteiger partial charge < -0.3 is 10.1 Å². The fourth-order valence-corrected chi connectivity index (χ4v) is 2.11. The molecule has 0 fully saturated rings. The molecular weight excluding hydrogens is 313 g/mol. The molecule has 0 aliphatic carbocycles. The third-order valence-corrected chi connectivity index (χ3v) is 3.35. The van der Waals surface area contributed by atoms with Gasteiger partial charge in [-0.15, -0.1) is 0 Å². The number of carbonyl (C=O) groups excluding carboxylic acids is 1. The van der Waals surface area contributed by atoms with Crippen LogP contribution >= 0.6 is 15.9 Å². The third-order valence-electron chi connectivity index (χ3n) is 2.75. The Morgan fingerprint density at radius 2 is 2.16 bits per heavy atom. The summed E-state index contributed by atoms with van der Waals surface area (Å²) in [4.78, 5) is 11.8. The molecule has 0 aromatic heterocycles. The molecule has 3 nitrogen and oxygen atoms in total. The molecule has 1 aromatic rings. The van der Waals surface area contributed by atoms with Crippen molar-refractivity contribution in [1.82, 2.24) is 0 Å². The number of aryl methyl sites for hydroxylation is 1. The Kier molecular flexibility index (Phi) is 6.28. The topological polar surface area (TPSA) is 38.3 Å². The van der Waals surface area contributed by atoms with Crippen molar-refractivity contribution < 1.29 is 13.9 Å². The average Bonchev–Trinajstić information content (AvgIpc) is 2.35. The lowest BCUT2D eigenvalue weighted by atomic mass is 10.1. The maximum Gasteiger partial charge on any atom is 0.328 e. The molecule has 0 bridgehead atoms. The zero-order valence-electron chi connectivity index (χ0n) is 11.4. The first-order valence-corrected chi connectivity index (χ1v) is 7.17. The van der Waals surface area contributed by atoms with Crippen molar-refractivity contribution in [2.75, 3.05) is 11.9 Å². The molecule has 0 spiro atoms. The van der Waals surface area contributed by atoms with Gasteiger partial charge in [0.15, 0.2) is 0 Å². The summed E-state index contributed by atoms with van der Waals surface area (Å²) in [7, 11) is 0. The van der Waals surface area contributed by atoms with Crippen LogP contribution in [0.15, 0.2) is 16.6 Å². The van der Waals surface area contributed by atoms with Crippen LogP contribution in [0, 0.1) is 12.7 Å². The van der Waals surface area contributed by atoms with Crippen molar-refractivity contribution in [1.29, 1.82) is 0 Å². The number of anilines is 1. The molecule has 0 aliphatic heterocycles. The molecule has 5 heteroatoms. The number of ether oxygens (including phenoxy) is 1. The first-order chi connectivity index (χ1) is 8.99. The molecule has 1 aromatic carbocycles. The molecule has 1 atom stereocenters. The summed E-state index contributed by atoms with van der Waals surface area (Å²) < 4.78 is 18.8. The fraction of sp³-hybridized carbons (Fsp3) is 0.500. The summed E-state index contributed by atoms with van der Waals surface area (Å²) in [6, 6.07) is 2.67. The largest absolute Gasteiger partial charge is 0.464 e. The zero-order valence-corrected chi connectivity index (χ0v) is 13.0. The standard InChI is InChI=1S/C14H19BrFNO2/c1-4-6-12(14(18)19-5-2)17-13-8-10(15)11(16)7-9(13)3/h7-8,12,17H,4-6H2,1-3H3. The maximum atomic E-state index is 13.4. The van der Waals surface area contributed by atoms with Crippen LogP contribution in [0.25, 0.3) is 0 Å². The molecule has 0 radical (unpaired) electrons. The maximum absolute atomic E-state index is 13.4. The van der Waals surface area contributed by atoms with Gasteiger partial charge in [-0.2, -0.15) is 0 Å². The number of carbonyl (C=O) groups is 1. The number of nitrogens with one attached hydrogen (secondary N) is 1. The van der Waals surface area contributed by atoms with E-state index < -0.39 is 6.04 Å². The quantitative estimate of drug-likeness (QED) is 0.799. The van der Waals surface area contributed by atoms with E-state index in [0.29, 0.717) is 17.5 Å². The highest BCUT2D eigenvalue weighted by Crippen LogP contribution is 2.25. The van der Waals surface area contributed by atoms with Gasteiger partial charge in [0.2, 0.25) is 0 Å². The van der Waals surface area contributed by atoms with Gasteiger partial charge in [-0.3, -0.25) is 0 Å². The minimum atomic E-state index is -0.402. The second kappa shape index (κ2) is 7.48. The Balaban J connectivity index is 2.90. The molecule has 0 heterocycles. The van der Waals surface area contributed by atoms with E-state index >= 15 is 0 Å². The monoisotopic (exact) mass is 331 g/mol. The lowest BCUT2D eigenvalue weighted by molar-refractivity contribution is -0.144. The summed E-state index contributed by atoms with van der Waals surface area (Å²) in [5.74, 6) is -0.588. The van der Waals surface area contributed by atoms with Crippen molar-refractivity contribution in [2.24, 2.45) is 0 Å². The molecule has 106 valence electrons. The van der Waals surface area contributed by atoms with Gasteiger partial charge in [0, 0.05) is 5.69 Å². The van der Waals surface area contributed by atoms with Crippen LogP contribution in [-0.4, -0.2) is 18.6 Å². The Morgan fingerprint density at radius 1 is 1.47 bits per heavy atom. The first kappa shape index (κ1) is 16.0. The number of benzene rings is 1. The number of rotatable bonds is 6. The van der Waals surface area contributed by atoms with E-state index in [4.69, 9.17) is 4.74 Å². The highest BCUT2D eigenvalue weighted by atomic mass is 79.9. The molecular formula is C14H19BrFNO2. The highest BCUT2D eigenvalue weighted by Gasteiger charge is 2.19. The van der Waals surface area contributed by atoms with Crippen LogP contribution in [0.1, 0.15) is 32.3 Å². The molecule has 0 aliphatic rings. The lowest BCUT2D eigenvalue weighted by Crippen LogP contribution is -2.31. The summed E-state index contributed by atoms with van der Waals surface area (Å²) >= 11 is 3.15. The van der Waals surface area contributed by atoms with Crippen molar-refractivity contribution in [2.45, 2.75) is 39.7 Å². The Bertz CT molecular complexity index is 451. The summed E-state index contributed by atoms with van der Waals surface area (Å²) in [6.45, 7) is 5.93. The van der Waals surface area contributed by atoms with Crippen molar-refractivity contribution >= 4 is 27.6 Å². The van der Waals surface area contributed by atoms with Gasteiger partial charge >= 0.3 is 5.97 Å². The predicted octanol–water partition coefficient (Wildman–Crippen LogP) is 4.04. The smallest absolute Gasteiger partial charge is 0.328 e. The minimum absolute atomic E-state index is 0.274. The summed E-state index contributed by atoms with van der Waals surface area (Å²) in [5, 5.41) is 3.13. The molecule has 19 heavy (non-hydrogen) atoms. The third kappa shape index (κ3) is 4.49. The Morgan fingerprint density at radius 3 is 2.74 bits per heavy atom. The van der Waals surface area contributed by atoms with E-state index in [0.717, 1.165) is 17.7 Å². The van der Waals surface area contributed by atoms with E-state index in [1.54, 1.807) is 19.9 Å². The highest BCUT2D eigenvalue weighted by molar-refractivity contribution is 9.10. The molecule has 1 N–H and O–H groups in total. The second-order valence-corrected chi connectivity index (χ2v) is 5.17. The summed E-state index contributed by atoms with van der Waals surface area (Å²) in [6.07, 6.45) is 1.53. The predicted molar refractivity (Wildman–Crippen MR) is 77.8 cm³/mol. The molecule has 1 rings (SSSR count). The van der Waals surface area contributed by atoms with E-state index in [-0.39, 0.29) is 11.8 Å². The molecule has 0 saturated heterocycles. The van der Waals surface area contributed by atoms with E-state index in [1.165, 1.54) is 6.07 Å². The average molecular weight is 332 g/mol. The van der Waals surface area contributed by atoms with Gasteiger partial charge in [-0.05, 0) is 53.9 Å². The van der Waals surface area contributed by atoms with Gasteiger partial charge in [0.25, 0.3) is 0 Å². The second-order valence-electron chi connectivity index (χ2n) is 4.32. The van der Waals surface area contributed by atoms with Crippen molar-refractivity contribution in [3.8, 4) is 0 Å². The number of hydrogen-bond acceptors (Lipinski definition) is 3. The van der Waals surface area contributed by atoms with Crippen molar-refractivity contribution in [3.05, 3.63) is 28.0 Å². The van der Waals surface area contributed by atoms with Gasteiger partial charge in [0.1, 0.15) is 11.9 Å². The summed E-state index contributed by atoms with van der Waals surface area (Å²) in [5.41, 5.74) is 1.49. The van der Waals surface area contributed by atoms with E-state index in [9.17, 15) is 9.18 Å². The van der Waals surface area contributed by atoms with Crippen LogP contribution in [0.5, 0.6) is 0 Å². The van der Waals surface area contributed by atoms with Crippen LogP contribution < -0.4 is 5.32 Å². The Hall–Kier alpha value is -1.10. The molecule has 0 amide bonds. The van der Waals surface area contributed by atoms with E-state index in [2.05, 4.69) is 21.2 Å². The van der Waals surface area contributed by atoms with Crippen LogP contribution in [0.2, 0.25) is 0 Å². The lowest BCUT2D eigenvalue weighted by Gasteiger charge is -2.19. The van der Waals surface area contributed by atoms with Gasteiger partial charge in [-0.25, -0.2) is 9.18 Å². The fourth-order valence-electron chi connectivity index (χ4n) is 1.77. The molecule has 1 unspecified atom stereocenters. The normalized spacial score (nSPS) is 12.1. The zero-order chi connectivity index (χ0) is 14.4. The number of halogens is 2. The number of hydrogen-bond donors (Lipinski definition) is 1. The van der Waals surface area contributed by atoms with Crippen LogP contribution in [0.4, 0.5) is 10.1 Å². The van der Waals surface area contributed by atoms with Gasteiger partial charge in [-0.1, -0.05) is 13.3 Å². The van der Waals surface area contributed by atoms with E-state index in [1.807, 2.05) is 6.92 Å². The van der Waals surface area contributed by atoms with Crippen LogP contribution in [0.3, 0.4) is 0 Å². The first-order valence-electron chi connectivity index (χ1n) is 6.38. The SMILES string of the molecule is CCCC(Nc1cc(Br)c(F)cc1C)C(=O)OCC. The number of esters is 1. The minimum Gasteiger partial charge on any atom is -0.464 e. The van der Waals surface area contributed by atoms with Crippen molar-refractivity contribution in [3.63, 3.8) is 0 Å². The van der Waals surface area contributed by atoms with Gasteiger partial charge in [0.05, 0.1) is 11.1 Å².